The van der Waals surface area contributed by atoms with Gasteiger partial charge in [0.15, 0.2) is 0 Å². The van der Waals surface area contributed by atoms with Crippen molar-refractivity contribution in [3.8, 4) is 5.75 Å². The fraction of sp³-hybridized carbons (Fsp3) is 0.611. The summed E-state index contributed by atoms with van der Waals surface area (Å²) in [6.45, 7) is 1.92. The van der Waals surface area contributed by atoms with Gasteiger partial charge in [0.2, 0.25) is 5.91 Å². The molecule has 0 radical (unpaired) electrons. The first-order valence-electron chi connectivity index (χ1n) is 8.40. The predicted molar refractivity (Wildman–Crippen MR) is 100 cm³/mol. The van der Waals surface area contributed by atoms with Crippen LogP contribution in [0, 0.1) is 24.7 Å². The van der Waals surface area contributed by atoms with Gasteiger partial charge < -0.3 is 15.8 Å². The molecule has 3 N–H and O–H groups in total. The van der Waals surface area contributed by atoms with E-state index in [4.69, 9.17) is 22.1 Å². The zero-order valence-corrected chi connectivity index (χ0v) is 15.8. The third-order valence-corrected chi connectivity index (χ3v) is 5.93. The van der Waals surface area contributed by atoms with Gasteiger partial charge >= 0.3 is 0 Å². The van der Waals surface area contributed by atoms with Crippen LogP contribution in [0.4, 0.5) is 5.69 Å². The molecule has 1 amide bonds. The number of hydrogen-bond donors (Lipinski definition) is 2. The second kappa shape index (κ2) is 7.94. The first kappa shape index (κ1) is 19.4. The molecule has 0 heterocycles. The molecule has 0 aromatic heterocycles. The van der Waals surface area contributed by atoms with Crippen molar-refractivity contribution in [3.63, 3.8) is 0 Å². The number of carbonyl (C=O) groups is 1. The molecule has 134 valence electrons. The fourth-order valence-corrected chi connectivity index (χ4v) is 4.32. The predicted octanol–water partition coefficient (Wildman–Crippen LogP) is 4.17. The van der Waals surface area contributed by atoms with Crippen LogP contribution in [0.1, 0.15) is 37.7 Å². The summed E-state index contributed by atoms with van der Waals surface area (Å²) in [4.78, 5) is 12.7. The van der Waals surface area contributed by atoms with Gasteiger partial charge in [-0.3, -0.25) is 4.79 Å². The third kappa shape index (κ3) is 3.81. The van der Waals surface area contributed by atoms with Crippen LogP contribution < -0.4 is 15.8 Å². The van der Waals surface area contributed by atoms with E-state index in [9.17, 15) is 4.79 Å². The highest BCUT2D eigenvalue weighted by molar-refractivity contribution is 6.31. The Kier molecular flexibility index (Phi) is 6.40. The number of carbonyl (C=O) groups excluding carboxylic acids is 1. The second-order valence-corrected chi connectivity index (χ2v) is 7.39. The molecule has 2 fully saturated rings. The van der Waals surface area contributed by atoms with Crippen molar-refractivity contribution < 1.29 is 9.53 Å². The van der Waals surface area contributed by atoms with Crippen molar-refractivity contribution in [2.45, 2.75) is 45.1 Å². The molecule has 1 aromatic rings. The standard InChI is InChI=1S/C18H25ClN2O2.ClH/c1-10-6-15(16(23-2)9-14(10)19)21-18(22)13-7-11-4-3-5-12(8-13)17(11)20;/h6,9,11-13,17H,3-5,7-8,20H2,1-2H3,(H,21,22);1H. The summed E-state index contributed by atoms with van der Waals surface area (Å²) >= 11 is 6.12. The molecule has 2 unspecified atom stereocenters. The van der Waals surface area contributed by atoms with Crippen molar-refractivity contribution in [1.29, 1.82) is 0 Å². The van der Waals surface area contributed by atoms with E-state index in [-0.39, 0.29) is 30.3 Å². The van der Waals surface area contributed by atoms with Crippen LogP contribution in [0.15, 0.2) is 12.1 Å². The summed E-state index contributed by atoms with van der Waals surface area (Å²) in [7, 11) is 1.58. The average molecular weight is 373 g/mol. The van der Waals surface area contributed by atoms with E-state index in [1.807, 2.05) is 13.0 Å². The van der Waals surface area contributed by atoms with Crippen molar-refractivity contribution >= 4 is 35.6 Å². The van der Waals surface area contributed by atoms with Crippen molar-refractivity contribution in [2.24, 2.45) is 23.5 Å². The first-order chi connectivity index (χ1) is 11.0. The molecule has 0 saturated heterocycles. The van der Waals surface area contributed by atoms with Crippen LogP contribution in [0.5, 0.6) is 5.75 Å². The summed E-state index contributed by atoms with van der Waals surface area (Å²) in [6, 6.07) is 3.90. The lowest BCUT2D eigenvalue weighted by atomic mass is 9.65. The Morgan fingerprint density at radius 3 is 2.50 bits per heavy atom. The zero-order chi connectivity index (χ0) is 16.6. The lowest BCUT2D eigenvalue weighted by Gasteiger charge is -2.43. The number of halogens is 2. The van der Waals surface area contributed by atoms with E-state index in [1.54, 1.807) is 13.2 Å². The quantitative estimate of drug-likeness (QED) is 0.836. The largest absolute Gasteiger partial charge is 0.495 e. The highest BCUT2D eigenvalue weighted by Crippen LogP contribution is 2.42. The number of nitrogens with two attached hydrogens (primary N) is 1. The lowest BCUT2D eigenvalue weighted by molar-refractivity contribution is -0.122. The SMILES string of the molecule is COc1cc(Cl)c(C)cc1NC(=O)C1CC2CCCC(C1)C2N.Cl. The maximum atomic E-state index is 12.7. The number of methoxy groups -OCH3 is 1. The molecular formula is C18H26Cl2N2O2. The molecule has 2 bridgehead atoms. The monoisotopic (exact) mass is 372 g/mol. The van der Waals surface area contributed by atoms with E-state index >= 15 is 0 Å². The van der Waals surface area contributed by atoms with Crippen LogP contribution >= 0.6 is 24.0 Å². The number of rotatable bonds is 3. The minimum absolute atomic E-state index is 0. The van der Waals surface area contributed by atoms with Crippen molar-refractivity contribution in [1.82, 2.24) is 0 Å². The van der Waals surface area contributed by atoms with Gasteiger partial charge in [0, 0.05) is 23.0 Å². The van der Waals surface area contributed by atoms with Gasteiger partial charge in [-0.05, 0) is 56.1 Å². The Morgan fingerprint density at radius 2 is 1.92 bits per heavy atom. The van der Waals surface area contributed by atoms with Crippen LogP contribution in [0.2, 0.25) is 5.02 Å². The molecule has 1 aromatic carbocycles. The summed E-state index contributed by atoms with van der Waals surface area (Å²) in [5, 5.41) is 3.68. The second-order valence-electron chi connectivity index (χ2n) is 6.99. The van der Waals surface area contributed by atoms with Crippen molar-refractivity contribution in [2.75, 3.05) is 12.4 Å². The lowest BCUT2D eigenvalue weighted by Crippen LogP contribution is -2.48. The number of ether oxygens (including phenoxy) is 1. The molecule has 2 atom stereocenters. The van der Waals surface area contributed by atoms with Gasteiger partial charge in [-0.25, -0.2) is 0 Å². The summed E-state index contributed by atoms with van der Waals surface area (Å²) in [5.41, 5.74) is 7.93. The average Bonchev–Trinajstić information content (AvgIpc) is 2.50. The Hall–Kier alpha value is -0.970. The van der Waals surface area contributed by atoms with Gasteiger partial charge in [-0.2, -0.15) is 0 Å². The highest BCUT2D eigenvalue weighted by atomic mass is 35.5. The number of aryl methyl sites for hydroxylation is 1. The third-order valence-electron chi connectivity index (χ3n) is 5.52. The molecule has 0 aliphatic heterocycles. The Bertz CT molecular complexity index is 595. The Balaban J connectivity index is 0.00000208. The summed E-state index contributed by atoms with van der Waals surface area (Å²) in [5.74, 6) is 1.71. The van der Waals surface area contributed by atoms with Crippen LogP contribution in [-0.2, 0) is 4.79 Å². The summed E-state index contributed by atoms with van der Waals surface area (Å²) in [6.07, 6.45) is 5.37. The van der Waals surface area contributed by atoms with Gasteiger partial charge in [-0.15, -0.1) is 12.4 Å². The molecule has 2 aliphatic carbocycles. The number of nitrogens with one attached hydrogen (secondary N) is 1. The van der Waals surface area contributed by atoms with Gasteiger partial charge in [-0.1, -0.05) is 18.0 Å². The molecule has 0 spiro atoms. The normalized spacial score (nSPS) is 28.7. The molecular weight excluding hydrogens is 347 g/mol. The van der Waals surface area contributed by atoms with E-state index < -0.39 is 0 Å². The number of benzene rings is 1. The molecule has 24 heavy (non-hydrogen) atoms. The summed E-state index contributed by atoms with van der Waals surface area (Å²) < 4.78 is 5.34. The van der Waals surface area contributed by atoms with Crippen LogP contribution in [-0.4, -0.2) is 19.1 Å². The Labute approximate surface area is 154 Å². The number of anilines is 1. The molecule has 2 aliphatic rings. The minimum Gasteiger partial charge on any atom is -0.495 e. The van der Waals surface area contributed by atoms with Gasteiger partial charge in [0.05, 0.1) is 12.8 Å². The molecule has 2 saturated carbocycles. The van der Waals surface area contributed by atoms with E-state index in [0.29, 0.717) is 28.3 Å². The van der Waals surface area contributed by atoms with E-state index in [2.05, 4.69) is 5.32 Å². The number of hydrogen-bond acceptors (Lipinski definition) is 3. The Morgan fingerprint density at radius 1 is 1.29 bits per heavy atom. The smallest absolute Gasteiger partial charge is 0.227 e. The highest BCUT2D eigenvalue weighted by Gasteiger charge is 2.40. The van der Waals surface area contributed by atoms with Crippen LogP contribution in [0.25, 0.3) is 0 Å². The maximum Gasteiger partial charge on any atom is 0.227 e. The van der Waals surface area contributed by atoms with Gasteiger partial charge in [0.25, 0.3) is 0 Å². The molecule has 6 heteroatoms. The maximum absolute atomic E-state index is 12.7. The van der Waals surface area contributed by atoms with Gasteiger partial charge in [0.1, 0.15) is 5.75 Å². The number of amides is 1. The minimum atomic E-state index is 0. The zero-order valence-electron chi connectivity index (χ0n) is 14.2. The van der Waals surface area contributed by atoms with Crippen molar-refractivity contribution in [3.05, 3.63) is 22.7 Å². The fourth-order valence-electron chi connectivity index (χ4n) is 4.17. The molecule has 4 nitrogen and oxygen atoms in total. The topological polar surface area (TPSA) is 64.3 Å². The van der Waals surface area contributed by atoms with Crippen LogP contribution in [0.3, 0.4) is 0 Å². The van der Waals surface area contributed by atoms with E-state index in [0.717, 1.165) is 31.2 Å². The van der Waals surface area contributed by atoms with E-state index in [1.165, 1.54) is 6.42 Å². The first-order valence-corrected chi connectivity index (χ1v) is 8.78. The number of fused-ring (bicyclic) bond motifs is 2. The molecule has 3 rings (SSSR count).